The van der Waals surface area contributed by atoms with Crippen LogP contribution in [0.15, 0.2) is 93.4 Å². The second-order valence-electron chi connectivity index (χ2n) is 7.90. The standard InChI is InChI=1S/C27H19Cl2N3O4S/c1-35-24-9-5-3-7-20(24)30-25(33)15-37-27-31-21(14-32(27)22-11-10-17(28)13-19(22)29)18-12-16-6-2-4-8-23(16)36-26(18)34/h2-14H,15H2,1H3,(H,30,33). The van der Waals surface area contributed by atoms with Crippen molar-refractivity contribution in [2.75, 3.05) is 18.2 Å². The second-order valence-corrected chi connectivity index (χ2v) is 9.68. The van der Waals surface area contributed by atoms with E-state index in [0.29, 0.717) is 49.2 Å². The minimum atomic E-state index is -0.518. The largest absolute Gasteiger partial charge is 0.495 e. The van der Waals surface area contributed by atoms with Gasteiger partial charge in [0, 0.05) is 16.6 Å². The summed E-state index contributed by atoms with van der Waals surface area (Å²) in [5.74, 6) is 0.352. The van der Waals surface area contributed by atoms with Crippen molar-refractivity contribution >= 4 is 57.5 Å². The third kappa shape index (κ3) is 5.36. The molecule has 0 atom stereocenters. The number of anilines is 1. The van der Waals surface area contributed by atoms with Crippen LogP contribution < -0.4 is 15.7 Å². The van der Waals surface area contributed by atoms with Gasteiger partial charge in [-0.1, -0.05) is 65.3 Å². The van der Waals surface area contributed by atoms with Crippen molar-refractivity contribution in [2.24, 2.45) is 0 Å². The molecule has 1 N–H and O–H groups in total. The molecule has 5 aromatic rings. The maximum absolute atomic E-state index is 12.8. The van der Waals surface area contributed by atoms with Crippen LogP contribution in [0.2, 0.25) is 10.0 Å². The molecule has 0 aliphatic rings. The summed E-state index contributed by atoms with van der Waals surface area (Å²) in [4.78, 5) is 30.2. The molecular formula is C27H19Cl2N3O4S. The molecule has 0 saturated carbocycles. The number of fused-ring (bicyclic) bond motifs is 1. The van der Waals surface area contributed by atoms with Gasteiger partial charge in [0.05, 0.1) is 40.5 Å². The number of benzene rings is 3. The van der Waals surface area contributed by atoms with E-state index in [2.05, 4.69) is 10.3 Å². The number of para-hydroxylation sites is 3. The number of carbonyl (C=O) groups excluding carboxylic acids is 1. The number of imidazole rings is 1. The lowest BCUT2D eigenvalue weighted by Gasteiger charge is -2.11. The number of hydrogen-bond donors (Lipinski definition) is 1. The summed E-state index contributed by atoms with van der Waals surface area (Å²) in [5, 5.41) is 4.94. The zero-order chi connectivity index (χ0) is 25.9. The Morgan fingerprint density at radius 2 is 1.86 bits per heavy atom. The van der Waals surface area contributed by atoms with Gasteiger partial charge < -0.3 is 14.5 Å². The lowest BCUT2D eigenvalue weighted by Crippen LogP contribution is -2.15. The molecule has 0 bridgehead atoms. The normalized spacial score (nSPS) is 11.0. The number of nitrogens with zero attached hydrogens (tertiary/aromatic N) is 2. The molecule has 0 aliphatic carbocycles. The zero-order valence-electron chi connectivity index (χ0n) is 19.4. The molecule has 5 rings (SSSR count). The fraction of sp³-hybridized carbons (Fsp3) is 0.0741. The quantitative estimate of drug-likeness (QED) is 0.179. The molecule has 0 aliphatic heterocycles. The van der Waals surface area contributed by atoms with Crippen LogP contribution in [0.25, 0.3) is 27.9 Å². The number of aromatic nitrogens is 2. The average Bonchev–Trinajstić information content (AvgIpc) is 3.31. The predicted octanol–water partition coefficient (Wildman–Crippen LogP) is 6.69. The van der Waals surface area contributed by atoms with Crippen molar-refractivity contribution in [1.82, 2.24) is 9.55 Å². The highest BCUT2D eigenvalue weighted by Crippen LogP contribution is 2.32. The van der Waals surface area contributed by atoms with Gasteiger partial charge in [0.2, 0.25) is 5.91 Å². The molecule has 1 amide bonds. The van der Waals surface area contributed by atoms with Crippen molar-refractivity contribution in [3.05, 3.63) is 99.5 Å². The van der Waals surface area contributed by atoms with Crippen LogP contribution in [0.4, 0.5) is 5.69 Å². The van der Waals surface area contributed by atoms with Gasteiger partial charge in [-0.2, -0.15) is 0 Å². The molecule has 2 aromatic heterocycles. The number of methoxy groups -OCH3 is 1. The maximum Gasteiger partial charge on any atom is 0.345 e. The monoisotopic (exact) mass is 551 g/mol. The maximum atomic E-state index is 12.8. The van der Waals surface area contributed by atoms with Crippen LogP contribution in [0.5, 0.6) is 5.75 Å². The van der Waals surface area contributed by atoms with Crippen LogP contribution in [0, 0.1) is 0 Å². The van der Waals surface area contributed by atoms with Crippen molar-refractivity contribution in [3.63, 3.8) is 0 Å². The summed E-state index contributed by atoms with van der Waals surface area (Å²) in [5.41, 5.74) is 1.81. The second kappa shape index (κ2) is 10.7. The molecule has 37 heavy (non-hydrogen) atoms. The van der Waals surface area contributed by atoms with Crippen molar-refractivity contribution < 1.29 is 13.9 Å². The zero-order valence-corrected chi connectivity index (χ0v) is 21.7. The van der Waals surface area contributed by atoms with Gasteiger partial charge in [0.15, 0.2) is 5.16 Å². The minimum absolute atomic E-state index is 0.0477. The predicted molar refractivity (Wildman–Crippen MR) is 147 cm³/mol. The van der Waals surface area contributed by atoms with Gasteiger partial charge in [-0.25, -0.2) is 9.78 Å². The first-order chi connectivity index (χ1) is 17.9. The SMILES string of the molecule is COc1ccccc1NC(=O)CSc1nc(-c2cc3ccccc3oc2=O)cn1-c1ccc(Cl)cc1Cl. The Morgan fingerprint density at radius 1 is 1.08 bits per heavy atom. The third-order valence-corrected chi connectivity index (χ3v) is 6.96. The van der Waals surface area contributed by atoms with Crippen molar-refractivity contribution in [1.29, 1.82) is 0 Å². The van der Waals surface area contributed by atoms with Crippen molar-refractivity contribution in [3.8, 4) is 22.7 Å². The third-order valence-electron chi connectivity index (χ3n) is 5.47. The van der Waals surface area contributed by atoms with Crippen LogP contribution in [-0.2, 0) is 4.79 Å². The Morgan fingerprint density at radius 3 is 2.68 bits per heavy atom. The number of hydrogen-bond acceptors (Lipinski definition) is 6. The van der Waals surface area contributed by atoms with Crippen LogP contribution >= 0.6 is 35.0 Å². The number of rotatable bonds is 7. The smallest absolute Gasteiger partial charge is 0.345 e. The Balaban J connectivity index is 1.50. The molecule has 10 heteroatoms. The Labute approximate surface area is 226 Å². The number of thioether (sulfide) groups is 1. The van der Waals surface area contributed by atoms with Crippen LogP contribution in [0.1, 0.15) is 0 Å². The summed E-state index contributed by atoms with van der Waals surface area (Å²) >= 11 is 13.8. The molecule has 2 heterocycles. The Kier molecular flexibility index (Phi) is 7.23. The van der Waals surface area contributed by atoms with Crippen LogP contribution in [0.3, 0.4) is 0 Å². The van der Waals surface area contributed by atoms with E-state index in [1.54, 1.807) is 59.3 Å². The number of carbonyl (C=O) groups is 1. The highest BCUT2D eigenvalue weighted by Gasteiger charge is 2.19. The van der Waals surface area contributed by atoms with E-state index in [4.69, 9.17) is 32.4 Å². The summed E-state index contributed by atoms with van der Waals surface area (Å²) in [7, 11) is 1.54. The molecule has 0 saturated heterocycles. The lowest BCUT2D eigenvalue weighted by molar-refractivity contribution is -0.113. The molecule has 7 nitrogen and oxygen atoms in total. The number of ether oxygens (including phenoxy) is 1. The molecule has 0 radical (unpaired) electrons. The fourth-order valence-corrected chi connectivity index (χ4v) is 5.03. The molecular weight excluding hydrogens is 533 g/mol. The fourth-order valence-electron chi connectivity index (χ4n) is 3.75. The number of halogens is 2. The highest BCUT2D eigenvalue weighted by atomic mass is 35.5. The Hall–Kier alpha value is -3.72. The average molecular weight is 552 g/mol. The summed E-state index contributed by atoms with van der Waals surface area (Å²) in [6.07, 6.45) is 1.69. The van der Waals surface area contributed by atoms with E-state index >= 15 is 0 Å². The number of amides is 1. The van der Waals surface area contributed by atoms with E-state index in [1.165, 1.54) is 18.9 Å². The van der Waals surface area contributed by atoms with E-state index in [0.717, 1.165) is 5.39 Å². The molecule has 3 aromatic carbocycles. The first-order valence-electron chi connectivity index (χ1n) is 11.1. The van der Waals surface area contributed by atoms with E-state index in [-0.39, 0.29) is 11.7 Å². The number of nitrogens with one attached hydrogen (secondary N) is 1. The first-order valence-corrected chi connectivity index (χ1v) is 12.8. The van der Waals surface area contributed by atoms with Gasteiger partial charge in [-0.15, -0.1) is 0 Å². The Bertz CT molecular complexity index is 1680. The highest BCUT2D eigenvalue weighted by molar-refractivity contribution is 7.99. The molecule has 0 unspecified atom stereocenters. The van der Waals surface area contributed by atoms with Crippen LogP contribution in [-0.4, -0.2) is 28.3 Å². The summed E-state index contributed by atoms with van der Waals surface area (Å²) < 4.78 is 12.5. The van der Waals surface area contributed by atoms with Crippen molar-refractivity contribution in [2.45, 2.75) is 5.16 Å². The first kappa shape index (κ1) is 25.0. The summed E-state index contributed by atoms with van der Waals surface area (Å²) in [6, 6.07) is 21.2. The molecule has 0 fully saturated rings. The van der Waals surface area contributed by atoms with E-state index in [1.807, 2.05) is 24.3 Å². The van der Waals surface area contributed by atoms with Gasteiger partial charge >= 0.3 is 5.63 Å². The van der Waals surface area contributed by atoms with Gasteiger partial charge in [0.1, 0.15) is 11.3 Å². The lowest BCUT2D eigenvalue weighted by atomic mass is 10.1. The molecule has 186 valence electrons. The topological polar surface area (TPSA) is 86.4 Å². The van der Waals surface area contributed by atoms with Gasteiger partial charge in [-0.05, 0) is 42.5 Å². The molecule has 0 spiro atoms. The summed E-state index contributed by atoms with van der Waals surface area (Å²) in [6.45, 7) is 0. The van der Waals surface area contributed by atoms with Gasteiger partial charge in [-0.3, -0.25) is 9.36 Å². The van der Waals surface area contributed by atoms with E-state index in [9.17, 15) is 9.59 Å². The minimum Gasteiger partial charge on any atom is -0.495 e. The van der Waals surface area contributed by atoms with Gasteiger partial charge in [0.25, 0.3) is 0 Å². The van der Waals surface area contributed by atoms with E-state index < -0.39 is 5.63 Å².